The number of aliphatic hydroxyl groups is 1. The molecule has 2 atom stereocenters. The second-order valence-corrected chi connectivity index (χ2v) is 7.74. The van der Waals surface area contributed by atoms with Crippen molar-refractivity contribution in [3.8, 4) is 0 Å². The van der Waals surface area contributed by atoms with Crippen LogP contribution in [-0.2, 0) is 10.0 Å². The predicted molar refractivity (Wildman–Crippen MR) is 81.7 cm³/mol. The van der Waals surface area contributed by atoms with E-state index in [1.54, 1.807) is 12.1 Å². The topological polar surface area (TPSA) is 92.4 Å². The molecule has 7 heteroatoms. The zero-order valence-electron chi connectivity index (χ0n) is 11.0. The van der Waals surface area contributed by atoms with Gasteiger partial charge in [0.2, 0.25) is 10.0 Å². The van der Waals surface area contributed by atoms with E-state index in [1.165, 1.54) is 6.07 Å². The first-order valence-electron chi connectivity index (χ1n) is 6.62. The zero-order chi connectivity index (χ0) is 14.8. The normalized spacial score (nSPS) is 23.7. The van der Waals surface area contributed by atoms with Crippen molar-refractivity contribution in [2.75, 3.05) is 12.3 Å². The second kappa shape index (κ2) is 6.43. The van der Waals surface area contributed by atoms with Gasteiger partial charge in [0.1, 0.15) is 4.90 Å². The van der Waals surface area contributed by atoms with E-state index in [0.717, 1.165) is 25.7 Å². The average molecular weight is 363 g/mol. The fraction of sp³-hybridized carbons (Fsp3) is 0.538. The van der Waals surface area contributed by atoms with Crippen molar-refractivity contribution in [1.29, 1.82) is 0 Å². The molecule has 1 saturated carbocycles. The summed E-state index contributed by atoms with van der Waals surface area (Å²) >= 11 is 3.25. The van der Waals surface area contributed by atoms with Crippen LogP contribution in [-0.4, -0.2) is 26.2 Å². The van der Waals surface area contributed by atoms with E-state index in [2.05, 4.69) is 20.7 Å². The highest BCUT2D eigenvalue weighted by atomic mass is 79.9. The Morgan fingerprint density at radius 2 is 2.05 bits per heavy atom. The van der Waals surface area contributed by atoms with Crippen LogP contribution in [0, 0.1) is 5.92 Å². The van der Waals surface area contributed by atoms with E-state index in [4.69, 9.17) is 5.73 Å². The summed E-state index contributed by atoms with van der Waals surface area (Å²) in [6.45, 7) is 0.00114. The summed E-state index contributed by atoms with van der Waals surface area (Å²) in [4.78, 5) is 0.0779. The van der Waals surface area contributed by atoms with Gasteiger partial charge in [0, 0.05) is 17.1 Å². The van der Waals surface area contributed by atoms with Gasteiger partial charge in [-0.05, 0) is 37.0 Å². The molecular formula is C13H19BrN2O3S. The van der Waals surface area contributed by atoms with E-state index in [1.807, 2.05) is 0 Å². The monoisotopic (exact) mass is 362 g/mol. The Kier molecular flexibility index (Phi) is 5.06. The number of aliphatic hydroxyl groups excluding tert-OH is 1. The van der Waals surface area contributed by atoms with Crippen molar-refractivity contribution in [2.45, 2.75) is 36.6 Å². The number of nitrogens with two attached hydrogens (primary N) is 1. The van der Waals surface area contributed by atoms with Crippen molar-refractivity contribution < 1.29 is 13.5 Å². The van der Waals surface area contributed by atoms with E-state index in [-0.39, 0.29) is 29.1 Å². The molecule has 112 valence electrons. The van der Waals surface area contributed by atoms with Crippen LogP contribution in [0.4, 0.5) is 5.69 Å². The van der Waals surface area contributed by atoms with Gasteiger partial charge < -0.3 is 10.8 Å². The Morgan fingerprint density at radius 3 is 2.75 bits per heavy atom. The Balaban J connectivity index is 2.24. The van der Waals surface area contributed by atoms with Crippen LogP contribution in [0.1, 0.15) is 25.7 Å². The molecule has 1 aliphatic rings. The third-order valence-corrected chi connectivity index (χ3v) is 5.75. The zero-order valence-corrected chi connectivity index (χ0v) is 13.5. The third kappa shape index (κ3) is 3.52. The van der Waals surface area contributed by atoms with Crippen molar-refractivity contribution in [3.05, 3.63) is 22.7 Å². The third-order valence-electron chi connectivity index (χ3n) is 3.72. The molecule has 0 amide bonds. The van der Waals surface area contributed by atoms with Crippen LogP contribution in [0.5, 0.6) is 0 Å². The number of rotatable bonds is 4. The van der Waals surface area contributed by atoms with Crippen LogP contribution >= 0.6 is 15.9 Å². The molecular weight excluding hydrogens is 344 g/mol. The van der Waals surface area contributed by atoms with Crippen molar-refractivity contribution in [1.82, 2.24) is 4.72 Å². The van der Waals surface area contributed by atoms with Gasteiger partial charge in [-0.15, -0.1) is 0 Å². The fourth-order valence-electron chi connectivity index (χ4n) is 2.59. The first-order valence-corrected chi connectivity index (χ1v) is 8.90. The molecule has 4 N–H and O–H groups in total. The van der Waals surface area contributed by atoms with E-state index >= 15 is 0 Å². The number of hydrogen-bond acceptors (Lipinski definition) is 4. The summed E-state index contributed by atoms with van der Waals surface area (Å²) in [5.74, 6) is -0.0214. The van der Waals surface area contributed by atoms with Crippen molar-refractivity contribution in [3.63, 3.8) is 0 Å². The Hall–Kier alpha value is -0.630. The molecule has 0 spiro atoms. The van der Waals surface area contributed by atoms with Gasteiger partial charge in [0.15, 0.2) is 0 Å². The lowest BCUT2D eigenvalue weighted by atomic mass is 9.86. The van der Waals surface area contributed by atoms with E-state index < -0.39 is 10.0 Å². The maximum Gasteiger partial charge on any atom is 0.242 e. The minimum atomic E-state index is -3.67. The summed E-state index contributed by atoms with van der Waals surface area (Å²) in [6, 6.07) is 4.53. The smallest absolute Gasteiger partial charge is 0.242 e. The first kappa shape index (κ1) is 15.8. The lowest BCUT2D eigenvalue weighted by Crippen LogP contribution is -2.43. The van der Waals surface area contributed by atoms with Gasteiger partial charge in [-0.1, -0.05) is 28.8 Å². The molecule has 2 unspecified atom stereocenters. The van der Waals surface area contributed by atoms with E-state index in [9.17, 15) is 13.5 Å². The number of anilines is 1. The van der Waals surface area contributed by atoms with Gasteiger partial charge in [-0.2, -0.15) is 0 Å². The van der Waals surface area contributed by atoms with Crippen LogP contribution in [0.3, 0.4) is 0 Å². The quantitative estimate of drug-likeness (QED) is 0.712. The molecule has 5 nitrogen and oxygen atoms in total. The molecule has 0 heterocycles. The fourth-order valence-corrected chi connectivity index (χ4v) is 4.59. The number of nitrogens with one attached hydrogen (secondary N) is 1. The predicted octanol–water partition coefficient (Wildman–Crippen LogP) is 1.86. The Labute approximate surface area is 127 Å². The van der Waals surface area contributed by atoms with Gasteiger partial charge >= 0.3 is 0 Å². The molecule has 1 aromatic rings. The summed E-state index contributed by atoms with van der Waals surface area (Å²) in [7, 11) is -3.67. The lowest BCUT2D eigenvalue weighted by molar-refractivity contribution is 0.164. The molecule has 0 aliphatic heterocycles. The lowest BCUT2D eigenvalue weighted by Gasteiger charge is -2.30. The van der Waals surface area contributed by atoms with Gasteiger partial charge in [-0.25, -0.2) is 13.1 Å². The van der Waals surface area contributed by atoms with Crippen LogP contribution < -0.4 is 10.5 Å². The SMILES string of the molecule is Nc1ccc(Br)cc1S(=O)(=O)NC1CCCCC1CO. The molecule has 0 saturated heterocycles. The van der Waals surface area contributed by atoms with Gasteiger partial charge in [-0.3, -0.25) is 0 Å². The molecule has 1 fully saturated rings. The molecule has 1 aromatic carbocycles. The largest absolute Gasteiger partial charge is 0.398 e. The molecule has 0 aromatic heterocycles. The highest BCUT2D eigenvalue weighted by molar-refractivity contribution is 9.10. The van der Waals surface area contributed by atoms with Crippen molar-refractivity contribution >= 4 is 31.6 Å². The number of benzene rings is 1. The van der Waals surface area contributed by atoms with Crippen molar-refractivity contribution in [2.24, 2.45) is 5.92 Å². The maximum absolute atomic E-state index is 12.4. The van der Waals surface area contributed by atoms with Gasteiger partial charge in [0.05, 0.1) is 5.69 Å². The molecule has 20 heavy (non-hydrogen) atoms. The highest BCUT2D eigenvalue weighted by Crippen LogP contribution is 2.28. The minimum absolute atomic E-state index is 0.00114. The van der Waals surface area contributed by atoms with E-state index in [0.29, 0.717) is 4.47 Å². The number of hydrogen-bond donors (Lipinski definition) is 3. The summed E-state index contributed by atoms with van der Waals surface area (Å²) in [5.41, 5.74) is 5.98. The average Bonchev–Trinajstić information content (AvgIpc) is 2.41. The van der Waals surface area contributed by atoms with Gasteiger partial charge in [0.25, 0.3) is 0 Å². The molecule has 2 rings (SSSR count). The summed E-state index contributed by atoms with van der Waals surface area (Å²) < 4.78 is 28.2. The Bertz CT molecular complexity index is 577. The van der Waals surface area contributed by atoms with Crippen LogP contribution in [0.25, 0.3) is 0 Å². The number of halogens is 1. The summed E-state index contributed by atoms with van der Waals surface area (Å²) in [6.07, 6.45) is 3.59. The molecule has 0 bridgehead atoms. The highest BCUT2D eigenvalue weighted by Gasteiger charge is 2.29. The Morgan fingerprint density at radius 1 is 1.35 bits per heavy atom. The second-order valence-electron chi connectivity index (χ2n) is 5.14. The number of sulfonamides is 1. The first-order chi connectivity index (χ1) is 9.44. The maximum atomic E-state index is 12.4. The van der Waals surface area contributed by atoms with Crippen LogP contribution in [0.15, 0.2) is 27.6 Å². The molecule has 0 radical (unpaired) electrons. The summed E-state index contributed by atoms with van der Waals surface area (Å²) in [5, 5.41) is 9.36. The number of nitrogen functional groups attached to an aromatic ring is 1. The van der Waals surface area contributed by atoms with Crippen LogP contribution in [0.2, 0.25) is 0 Å². The minimum Gasteiger partial charge on any atom is -0.398 e. The standard InChI is InChI=1S/C13H19BrN2O3S/c14-10-5-6-11(15)13(7-10)20(18,19)16-12-4-2-1-3-9(12)8-17/h5-7,9,12,16-17H,1-4,8,15H2. The molecule has 1 aliphatic carbocycles.